The molecular weight excluding hydrogens is 346 g/mol. The molecule has 6 heteroatoms. The fourth-order valence-corrected chi connectivity index (χ4v) is 2.54. The van der Waals surface area contributed by atoms with Gasteiger partial charge in [-0.2, -0.15) is 0 Å². The zero-order valence-corrected chi connectivity index (χ0v) is 13.6. The van der Waals surface area contributed by atoms with Crippen molar-refractivity contribution in [3.63, 3.8) is 0 Å². The van der Waals surface area contributed by atoms with E-state index in [1.807, 2.05) is 37.3 Å². The Labute approximate surface area is 137 Å². The molecule has 0 aliphatic heterocycles. The first kappa shape index (κ1) is 16.0. The van der Waals surface area contributed by atoms with E-state index in [9.17, 15) is 9.59 Å². The van der Waals surface area contributed by atoms with E-state index in [-0.39, 0.29) is 11.9 Å². The first-order chi connectivity index (χ1) is 10.6. The molecule has 0 aliphatic rings. The first-order valence-corrected chi connectivity index (χ1v) is 7.53. The van der Waals surface area contributed by atoms with Crippen molar-refractivity contribution in [2.45, 2.75) is 13.0 Å². The Balaban J connectivity index is 1.86. The Bertz CT molecular complexity index is 661. The summed E-state index contributed by atoms with van der Waals surface area (Å²) >= 11 is 3.44. The molecule has 1 atom stereocenters. The van der Waals surface area contributed by atoms with Crippen LogP contribution in [0.3, 0.4) is 0 Å². The summed E-state index contributed by atoms with van der Waals surface area (Å²) in [5.41, 5.74) is 6.12. The minimum absolute atomic E-state index is 0.204. The van der Waals surface area contributed by atoms with E-state index in [2.05, 4.69) is 32.1 Å². The molecule has 1 unspecified atom stereocenters. The van der Waals surface area contributed by atoms with Gasteiger partial charge in [-0.15, -0.1) is 0 Å². The van der Waals surface area contributed by atoms with Gasteiger partial charge in [-0.25, -0.2) is 10.2 Å². The highest BCUT2D eigenvalue weighted by Crippen LogP contribution is 2.22. The van der Waals surface area contributed by atoms with Crippen LogP contribution in [-0.4, -0.2) is 11.9 Å². The third-order valence-corrected chi connectivity index (χ3v) is 3.77. The van der Waals surface area contributed by atoms with Crippen molar-refractivity contribution in [1.82, 2.24) is 16.2 Å². The van der Waals surface area contributed by atoms with E-state index in [0.717, 1.165) is 10.0 Å². The van der Waals surface area contributed by atoms with Crippen molar-refractivity contribution in [1.29, 1.82) is 0 Å². The molecule has 3 amide bonds. The molecule has 5 nitrogen and oxygen atoms in total. The third kappa shape index (κ3) is 4.33. The van der Waals surface area contributed by atoms with Gasteiger partial charge in [0.05, 0.1) is 6.04 Å². The largest absolute Gasteiger partial charge is 0.333 e. The van der Waals surface area contributed by atoms with E-state index in [1.54, 1.807) is 24.3 Å². The first-order valence-electron chi connectivity index (χ1n) is 6.74. The normalized spacial score (nSPS) is 11.4. The van der Waals surface area contributed by atoms with Gasteiger partial charge >= 0.3 is 6.03 Å². The van der Waals surface area contributed by atoms with Crippen LogP contribution in [0.25, 0.3) is 0 Å². The van der Waals surface area contributed by atoms with Crippen LogP contribution in [0.4, 0.5) is 4.79 Å². The monoisotopic (exact) mass is 361 g/mol. The van der Waals surface area contributed by atoms with Crippen molar-refractivity contribution >= 4 is 27.9 Å². The Morgan fingerprint density at radius 3 is 2.27 bits per heavy atom. The number of urea groups is 1. The number of amides is 3. The molecule has 2 aromatic rings. The number of carbonyl (C=O) groups excluding carboxylic acids is 2. The number of hydrogen-bond donors (Lipinski definition) is 3. The fourth-order valence-electron chi connectivity index (χ4n) is 1.91. The maximum Gasteiger partial charge on any atom is 0.333 e. The van der Waals surface area contributed by atoms with Crippen LogP contribution in [0, 0.1) is 0 Å². The second-order valence-electron chi connectivity index (χ2n) is 4.66. The van der Waals surface area contributed by atoms with Crippen LogP contribution >= 0.6 is 15.9 Å². The van der Waals surface area contributed by atoms with Gasteiger partial charge in [0.2, 0.25) is 0 Å². The predicted molar refractivity (Wildman–Crippen MR) is 88.1 cm³/mol. The third-order valence-electron chi connectivity index (χ3n) is 3.04. The maximum absolute atomic E-state index is 11.8. The highest BCUT2D eigenvalue weighted by atomic mass is 79.9. The number of rotatable bonds is 3. The summed E-state index contributed by atoms with van der Waals surface area (Å²) in [6, 6.07) is 15.6. The van der Waals surface area contributed by atoms with Gasteiger partial charge in [-0.05, 0) is 30.7 Å². The highest BCUT2D eigenvalue weighted by molar-refractivity contribution is 9.10. The summed E-state index contributed by atoms with van der Waals surface area (Å²) in [7, 11) is 0. The number of nitrogens with one attached hydrogen (secondary N) is 3. The van der Waals surface area contributed by atoms with Crippen LogP contribution in [0.15, 0.2) is 59.1 Å². The number of hydrogen-bond acceptors (Lipinski definition) is 2. The zero-order chi connectivity index (χ0) is 15.9. The minimum atomic E-state index is -0.479. The smallest absolute Gasteiger partial charge is 0.330 e. The van der Waals surface area contributed by atoms with Crippen molar-refractivity contribution < 1.29 is 9.59 Å². The van der Waals surface area contributed by atoms with Gasteiger partial charge in [0, 0.05) is 10.0 Å². The van der Waals surface area contributed by atoms with Gasteiger partial charge in [0.1, 0.15) is 0 Å². The van der Waals surface area contributed by atoms with E-state index in [4.69, 9.17) is 0 Å². The summed E-state index contributed by atoms with van der Waals surface area (Å²) in [4.78, 5) is 23.6. The van der Waals surface area contributed by atoms with Crippen molar-refractivity contribution in [3.05, 3.63) is 70.2 Å². The number of hydrazine groups is 1. The molecule has 0 fully saturated rings. The Kier molecular flexibility index (Phi) is 5.55. The van der Waals surface area contributed by atoms with E-state index >= 15 is 0 Å². The average Bonchev–Trinajstić information content (AvgIpc) is 2.53. The van der Waals surface area contributed by atoms with Gasteiger partial charge in [-0.3, -0.25) is 10.2 Å². The molecule has 2 aromatic carbocycles. The zero-order valence-electron chi connectivity index (χ0n) is 12.0. The van der Waals surface area contributed by atoms with Gasteiger partial charge in [0.25, 0.3) is 5.91 Å². The van der Waals surface area contributed by atoms with Crippen molar-refractivity contribution in [2.24, 2.45) is 0 Å². The van der Waals surface area contributed by atoms with Gasteiger partial charge < -0.3 is 5.32 Å². The van der Waals surface area contributed by atoms with Crippen LogP contribution in [0.1, 0.15) is 28.9 Å². The van der Waals surface area contributed by atoms with Crippen molar-refractivity contribution in [2.75, 3.05) is 0 Å². The summed E-state index contributed by atoms with van der Waals surface area (Å²) in [5, 5.41) is 2.75. The van der Waals surface area contributed by atoms with E-state index in [0.29, 0.717) is 5.56 Å². The SMILES string of the molecule is CC(NC(=O)NNC(=O)c1ccccc1)c1ccccc1Br. The standard InChI is InChI=1S/C16H16BrN3O2/c1-11(13-9-5-6-10-14(13)17)18-16(22)20-19-15(21)12-7-3-2-4-8-12/h2-11H,1H3,(H,19,21)(H2,18,20,22). The lowest BCUT2D eigenvalue weighted by molar-refractivity contribution is 0.0936. The maximum atomic E-state index is 11.8. The van der Waals surface area contributed by atoms with Crippen LogP contribution in [0.5, 0.6) is 0 Å². The van der Waals surface area contributed by atoms with Crippen LogP contribution in [0.2, 0.25) is 0 Å². The lowest BCUT2D eigenvalue weighted by Crippen LogP contribution is -2.47. The summed E-state index contributed by atoms with van der Waals surface area (Å²) < 4.78 is 0.913. The van der Waals surface area contributed by atoms with Gasteiger partial charge in [0.15, 0.2) is 0 Å². The topological polar surface area (TPSA) is 70.2 Å². The molecule has 22 heavy (non-hydrogen) atoms. The molecule has 0 aromatic heterocycles. The Morgan fingerprint density at radius 1 is 0.955 bits per heavy atom. The fraction of sp³-hybridized carbons (Fsp3) is 0.125. The predicted octanol–water partition coefficient (Wildman–Crippen LogP) is 3.15. The highest BCUT2D eigenvalue weighted by Gasteiger charge is 2.12. The number of benzene rings is 2. The second kappa shape index (κ2) is 7.61. The lowest BCUT2D eigenvalue weighted by Gasteiger charge is -2.16. The quantitative estimate of drug-likeness (QED) is 0.734. The average molecular weight is 362 g/mol. The molecule has 114 valence electrons. The molecule has 0 saturated carbocycles. The molecule has 0 radical (unpaired) electrons. The molecule has 2 rings (SSSR count). The second-order valence-corrected chi connectivity index (χ2v) is 5.52. The van der Waals surface area contributed by atoms with Crippen molar-refractivity contribution in [3.8, 4) is 0 Å². The summed E-state index contributed by atoms with van der Waals surface area (Å²) in [6.45, 7) is 1.86. The van der Waals surface area contributed by atoms with E-state index in [1.165, 1.54) is 0 Å². The minimum Gasteiger partial charge on any atom is -0.330 e. The summed E-state index contributed by atoms with van der Waals surface area (Å²) in [6.07, 6.45) is 0. The molecule has 3 N–H and O–H groups in total. The molecular formula is C16H16BrN3O2. The molecule has 0 heterocycles. The molecule has 0 bridgehead atoms. The Hall–Kier alpha value is -2.34. The van der Waals surface area contributed by atoms with Gasteiger partial charge in [-0.1, -0.05) is 52.3 Å². The number of carbonyl (C=O) groups is 2. The summed E-state index contributed by atoms with van der Waals surface area (Å²) in [5.74, 6) is -0.371. The molecule has 0 spiro atoms. The van der Waals surface area contributed by atoms with Crippen LogP contribution in [-0.2, 0) is 0 Å². The molecule has 0 aliphatic carbocycles. The Morgan fingerprint density at radius 2 is 1.59 bits per heavy atom. The molecule has 0 saturated heterocycles. The van der Waals surface area contributed by atoms with E-state index < -0.39 is 6.03 Å². The number of halogens is 1. The lowest BCUT2D eigenvalue weighted by atomic mass is 10.1. The van der Waals surface area contributed by atoms with Crippen LogP contribution < -0.4 is 16.2 Å².